The van der Waals surface area contributed by atoms with Crippen molar-refractivity contribution in [1.82, 2.24) is 5.32 Å². The van der Waals surface area contributed by atoms with Gasteiger partial charge in [0.1, 0.15) is 6.67 Å². The highest BCUT2D eigenvalue weighted by Crippen LogP contribution is 1.88. The van der Waals surface area contributed by atoms with Gasteiger partial charge in [0.25, 0.3) is 0 Å². The molecule has 0 aromatic heterocycles. The van der Waals surface area contributed by atoms with Gasteiger partial charge in [-0.1, -0.05) is 0 Å². The molecular weight excluding hydrogens is 133 g/mol. The lowest BCUT2D eigenvalue weighted by Crippen LogP contribution is -2.38. The summed E-state index contributed by atoms with van der Waals surface area (Å²) in [6.07, 6.45) is 0. The van der Waals surface area contributed by atoms with Crippen molar-refractivity contribution in [2.75, 3.05) is 20.4 Å². The maximum atomic E-state index is 11.9. The molecule has 0 aliphatic carbocycles. The number of hydrogen-bond acceptors (Lipinski definition) is 2. The molecule has 2 atom stereocenters. The van der Waals surface area contributed by atoms with Crippen molar-refractivity contribution in [1.29, 1.82) is 0 Å². The maximum Gasteiger partial charge on any atom is 0.104 e. The quantitative estimate of drug-likeness (QED) is 0.629. The van der Waals surface area contributed by atoms with Crippen molar-refractivity contribution in [3.63, 3.8) is 0 Å². The first-order valence-corrected chi connectivity index (χ1v) is 3.51. The van der Waals surface area contributed by atoms with Crippen LogP contribution in [0.4, 0.5) is 4.39 Å². The predicted molar refractivity (Wildman–Crippen MR) is 39.9 cm³/mol. The van der Waals surface area contributed by atoms with Crippen LogP contribution in [0.2, 0.25) is 0 Å². The van der Waals surface area contributed by atoms with E-state index in [1.165, 1.54) is 0 Å². The van der Waals surface area contributed by atoms with E-state index < -0.39 is 0 Å². The molecule has 2 unspecified atom stereocenters. The van der Waals surface area contributed by atoms with Crippen LogP contribution in [0.3, 0.4) is 0 Å². The zero-order chi connectivity index (χ0) is 7.98. The molecule has 0 rings (SSSR count). The van der Waals surface area contributed by atoms with Crippen LogP contribution in [0.25, 0.3) is 0 Å². The smallest absolute Gasteiger partial charge is 0.104 e. The number of methoxy groups -OCH3 is 1. The van der Waals surface area contributed by atoms with Crippen molar-refractivity contribution in [3.8, 4) is 0 Å². The number of ether oxygens (including phenoxy) is 1. The molecule has 2 nitrogen and oxygen atoms in total. The number of halogens is 1. The Balaban J connectivity index is 3.27. The van der Waals surface area contributed by atoms with E-state index >= 15 is 0 Å². The van der Waals surface area contributed by atoms with Crippen molar-refractivity contribution < 1.29 is 9.13 Å². The summed E-state index contributed by atoms with van der Waals surface area (Å²) < 4.78 is 16.7. The largest absolute Gasteiger partial charge is 0.383 e. The van der Waals surface area contributed by atoms with E-state index in [1.54, 1.807) is 7.11 Å². The molecule has 0 saturated heterocycles. The molecule has 0 aliphatic heterocycles. The molecule has 3 heteroatoms. The summed E-state index contributed by atoms with van der Waals surface area (Å²) in [4.78, 5) is 0. The molecule has 0 aliphatic rings. The zero-order valence-corrected chi connectivity index (χ0v) is 6.86. The highest BCUT2D eigenvalue weighted by Gasteiger charge is 2.04. The van der Waals surface area contributed by atoms with Crippen LogP contribution < -0.4 is 5.32 Å². The summed E-state index contributed by atoms with van der Waals surface area (Å²) in [5, 5.41) is 3.03. The van der Waals surface area contributed by atoms with Crippen molar-refractivity contribution in [2.45, 2.75) is 25.9 Å². The second-order valence-corrected chi connectivity index (χ2v) is 2.58. The van der Waals surface area contributed by atoms with Crippen molar-refractivity contribution in [3.05, 3.63) is 0 Å². The van der Waals surface area contributed by atoms with Gasteiger partial charge in [-0.2, -0.15) is 0 Å². The fourth-order valence-corrected chi connectivity index (χ4v) is 0.828. The molecule has 0 fully saturated rings. The van der Waals surface area contributed by atoms with Crippen LogP contribution in [-0.4, -0.2) is 32.5 Å². The molecule has 0 aromatic carbocycles. The average Bonchev–Trinajstić information content (AvgIpc) is 1.88. The van der Waals surface area contributed by atoms with E-state index in [0.717, 1.165) is 0 Å². The van der Waals surface area contributed by atoms with Gasteiger partial charge in [-0.3, -0.25) is 0 Å². The van der Waals surface area contributed by atoms with E-state index in [9.17, 15) is 4.39 Å². The predicted octanol–water partition coefficient (Wildman–Crippen LogP) is 0.969. The molecule has 1 N–H and O–H groups in total. The highest BCUT2D eigenvalue weighted by atomic mass is 19.1. The average molecular weight is 149 g/mol. The summed E-state index contributed by atoms with van der Waals surface area (Å²) in [6.45, 7) is 4.08. The van der Waals surface area contributed by atoms with Crippen LogP contribution in [0.5, 0.6) is 0 Å². The second-order valence-electron chi connectivity index (χ2n) is 2.58. The van der Waals surface area contributed by atoms with Gasteiger partial charge in [-0.05, 0) is 13.8 Å². The molecule has 0 radical (unpaired) electrons. The third kappa shape index (κ3) is 4.70. The van der Waals surface area contributed by atoms with E-state index in [1.807, 2.05) is 13.8 Å². The lowest BCUT2D eigenvalue weighted by molar-refractivity contribution is 0.165. The van der Waals surface area contributed by atoms with E-state index in [4.69, 9.17) is 4.74 Å². The van der Waals surface area contributed by atoms with Crippen LogP contribution in [0, 0.1) is 0 Å². The SMILES string of the molecule is COCC(C)NC(C)CF. The van der Waals surface area contributed by atoms with Crippen molar-refractivity contribution >= 4 is 0 Å². The Morgan fingerprint density at radius 1 is 1.40 bits per heavy atom. The molecular formula is C7H16FNO. The Morgan fingerprint density at radius 3 is 2.40 bits per heavy atom. The first-order valence-electron chi connectivity index (χ1n) is 3.51. The minimum Gasteiger partial charge on any atom is -0.383 e. The van der Waals surface area contributed by atoms with Gasteiger partial charge in [-0.15, -0.1) is 0 Å². The second kappa shape index (κ2) is 5.62. The van der Waals surface area contributed by atoms with Gasteiger partial charge in [-0.25, -0.2) is 4.39 Å². The Kier molecular flexibility index (Phi) is 5.54. The summed E-state index contributed by atoms with van der Waals surface area (Å²) >= 11 is 0. The Morgan fingerprint density at radius 2 is 2.00 bits per heavy atom. The number of nitrogens with one attached hydrogen (secondary N) is 1. The highest BCUT2D eigenvalue weighted by molar-refractivity contribution is 4.65. The summed E-state index contributed by atoms with van der Waals surface area (Å²) in [7, 11) is 1.64. The third-order valence-corrected chi connectivity index (χ3v) is 1.22. The van der Waals surface area contributed by atoms with Gasteiger partial charge in [0.15, 0.2) is 0 Å². The number of rotatable bonds is 5. The van der Waals surface area contributed by atoms with Crippen LogP contribution in [0.15, 0.2) is 0 Å². The van der Waals surface area contributed by atoms with E-state index in [-0.39, 0.29) is 18.8 Å². The summed E-state index contributed by atoms with van der Waals surface area (Å²) in [5.41, 5.74) is 0. The van der Waals surface area contributed by atoms with E-state index in [2.05, 4.69) is 5.32 Å². The molecule has 0 bridgehead atoms. The maximum absolute atomic E-state index is 11.9. The van der Waals surface area contributed by atoms with E-state index in [0.29, 0.717) is 6.61 Å². The first kappa shape index (κ1) is 9.85. The fraction of sp³-hybridized carbons (Fsp3) is 1.00. The molecule has 10 heavy (non-hydrogen) atoms. The Labute approximate surface area is 61.8 Å². The van der Waals surface area contributed by atoms with Gasteiger partial charge in [0.05, 0.1) is 6.61 Å². The number of alkyl halides is 1. The topological polar surface area (TPSA) is 21.3 Å². The first-order chi connectivity index (χ1) is 4.70. The van der Waals surface area contributed by atoms with Crippen LogP contribution in [0.1, 0.15) is 13.8 Å². The molecule has 62 valence electrons. The minimum absolute atomic E-state index is 0.0647. The molecule has 0 saturated carbocycles. The Hall–Kier alpha value is -0.150. The van der Waals surface area contributed by atoms with Crippen LogP contribution >= 0.6 is 0 Å². The zero-order valence-electron chi connectivity index (χ0n) is 6.86. The minimum atomic E-state index is -0.325. The monoisotopic (exact) mass is 149 g/mol. The van der Waals surface area contributed by atoms with Crippen molar-refractivity contribution in [2.24, 2.45) is 0 Å². The summed E-state index contributed by atoms with van der Waals surface area (Å²) in [6, 6.07) is 0.167. The molecule has 0 heterocycles. The molecule has 0 spiro atoms. The number of hydrogen-bond donors (Lipinski definition) is 1. The lowest BCUT2D eigenvalue weighted by atomic mass is 10.3. The van der Waals surface area contributed by atoms with Gasteiger partial charge in [0, 0.05) is 19.2 Å². The van der Waals surface area contributed by atoms with Gasteiger partial charge >= 0.3 is 0 Å². The van der Waals surface area contributed by atoms with Crippen LogP contribution in [-0.2, 0) is 4.74 Å². The van der Waals surface area contributed by atoms with Gasteiger partial charge in [0.2, 0.25) is 0 Å². The third-order valence-electron chi connectivity index (χ3n) is 1.22. The standard InChI is InChI=1S/C7H16FNO/c1-6(4-8)9-7(2)5-10-3/h6-7,9H,4-5H2,1-3H3. The summed E-state index contributed by atoms with van der Waals surface area (Å²) in [5.74, 6) is 0. The fourth-order valence-electron chi connectivity index (χ4n) is 0.828. The molecule has 0 aromatic rings. The van der Waals surface area contributed by atoms with Gasteiger partial charge < -0.3 is 10.1 Å². The molecule has 0 amide bonds. The lowest BCUT2D eigenvalue weighted by Gasteiger charge is -2.16. The normalized spacial score (nSPS) is 16.8. The Bertz CT molecular complexity index is 80.0.